The normalized spacial score (nSPS) is 12.6. The molecule has 1 N–H and O–H groups in total. The summed E-state index contributed by atoms with van der Waals surface area (Å²) < 4.78 is 34.0. The van der Waals surface area contributed by atoms with Crippen LogP contribution in [-0.4, -0.2) is 13.2 Å². The second-order valence-corrected chi connectivity index (χ2v) is 4.35. The Balaban J connectivity index is 2.16. The third kappa shape index (κ3) is 3.81. The van der Waals surface area contributed by atoms with Crippen LogP contribution >= 0.6 is 0 Å². The SMILES string of the molecule is CCCNC(c1ccc(OC(F)F)cc1)c1ccco1. The fraction of sp³-hybridized carbons (Fsp3) is 0.333. The molecule has 1 heterocycles. The Morgan fingerprint density at radius 3 is 2.50 bits per heavy atom. The van der Waals surface area contributed by atoms with Gasteiger partial charge >= 0.3 is 6.61 Å². The first-order chi connectivity index (χ1) is 9.70. The van der Waals surface area contributed by atoms with Gasteiger partial charge in [-0.05, 0) is 42.8 Å². The number of alkyl halides is 2. The molecule has 3 nitrogen and oxygen atoms in total. The molecule has 0 spiro atoms. The number of hydrogen-bond donors (Lipinski definition) is 1. The number of nitrogens with one attached hydrogen (secondary N) is 1. The first kappa shape index (κ1) is 14.5. The summed E-state index contributed by atoms with van der Waals surface area (Å²) >= 11 is 0. The highest BCUT2D eigenvalue weighted by molar-refractivity contribution is 5.32. The minimum atomic E-state index is -2.81. The fourth-order valence-corrected chi connectivity index (χ4v) is 1.97. The molecule has 1 atom stereocenters. The molecule has 0 amide bonds. The van der Waals surface area contributed by atoms with Crippen LogP contribution in [0.4, 0.5) is 8.78 Å². The molecule has 1 aromatic carbocycles. The molecule has 2 aromatic rings. The minimum absolute atomic E-state index is 0.0921. The first-order valence-corrected chi connectivity index (χ1v) is 6.52. The van der Waals surface area contributed by atoms with Crippen LogP contribution in [0.2, 0.25) is 0 Å². The van der Waals surface area contributed by atoms with Gasteiger partial charge in [0, 0.05) is 0 Å². The predicted octanol–water partition coefficient (Wildman–Crippen LogP) is 3.97. The summed E-state index contributed by atoms with van der Waals surface area (Å²) in [5, 5.41) is 3.37. The summed E-state index contributed by atoms with van der Waals surface area (Å²) in [7, 11) is 0. The lowest BCUT2D eigenvalue weighted by atomic mass is 10.0. The van der Waals surface area contributed by atoms with Gasteiger partial charge < -0.3 is 14.5 Å². The molecular weight excluding hydrogens is 264 g/mol. The zero-order valence-corrected chi connectivity index (χ0v) is 11.2. The number of ether oxygens (including phenoxy) is 1. The summed E-state index contributed by atoms with van der Waals surface area (Å²) in [6, 6.07) is 10.2. The van der Waals surface area contributed by atoms with Crippen LogP contribution in [0.25, 0.3) is 0 Å². The quantitative estimate of drug-likeness (QED) is 0.834. The molecule has 5 heteroatoms. The fourth-order valence-electron chi connectivity index (χ4n) is 1.97. The maximum atomic E-state index is 12.1. The van der Waals surface area contributed by atoms with E-state index in [-0.39, 0.29) is 11.8 Å². The van der Waals surface area contributed by atoms with Crippen LogP contribution in [0.3, 0.4) is 0 Å². The number of hydrogen-bond acceptors (Lipinski definition) is 3. The number of furan rings is 1. The molecule has 0 aliphatic rings. The van der Waals surface area contributed by atoms with E-state index in [9.17, 15) is 8.78 Å². The highest BCUT2D eigenvalue weighted by Gasteiger charge is 2.16. The average Bonchev–Trinajstić information content (AvgIpc) is 2.94. The van der Waals surface area contributed by atoms with E-state index in [0.29, 0.717) is 0 Å². The lowest BCUT2D eigenvalue weighted by Gasteiger charge is -2.17. The predicted molar refractivity (Wildman–Crippen MR) is 71.9 cm³/mol. The van der Waals surface area contributed by atoms with Gasteiger partial charge in [-0.25, -0.2) is 0 Å². The molecule has 0 aliphatic heterocycles. The lowest BCUT2D eigenvalue weighted by molar-refractivity contribution is -0.0498. The molecule has 108 valence electrons. The maximum Gasteiger partial charge on any atom is 0.387 e. The van der Waals surface area contributed by atoms with Crippen LogP contribution in [0, 0.1) is 0 Å². The van der Waals surface area contributed by atoms with Crippen molar-refractivity contribution in [3.63, 3.8) is 0 Å². The van der Waals surface area contributed by atoms with Crippen LogP contribution in [0.15, 0.2) is 47.1 Å². The van der Waals surface area contributed by atoms with Crippen LogP contribution in [0.5, 0.6) is 5.75 Å². The zero-order valence-electron chi connectivity index (χ0n) is 11.2. The molecule has 20 heavy (non-hydrogen) atoms. The molecule has 0 bridgehead atoms. The minimum Gasteiger partial charge on any atom is -0.467 e. The largest absolute Gasteiger partial charge is 0.467 e. The highest BCUT2D eigenvalue weighted by Crippen LogP contribution is 2.25. The van der Waals surface area contributed by atoms with Crippen molar-refractivity contribution in [2.45, 2.75) is 26.0 Å². The van der Waals surface area contributed by atoms with E-state index in [0.717, 1.165) is 24.3 Å². The van der Waals surface area contributed by atoms with Crippen molar-refractivity contribution in [3.8, 4) is 5.75 Å². The standard InChI is InChI=1S/C15H17F2NO2/c1-2-9-18-14(13-4-3-10-19-13)11-5-7-12(8-6-11)20-15(16)17/h3-8,10,14-15,18H,2,9H2,1H3. The van der Waals surface area contributed by atoms with Crippen LogP contribution < -0.4 is 10.1 Å². The van der Waals surface area contributed by atoms with Crippen molar-refractivity contribution in [2.75, 3.05) is 6.54 Å². The molecule has 0 radical (unpaired) electrons. The summed E-state index contributed by atoms with van der Waals surface area (Å²) in [5.41, 5.74) is 0.940. The van der Waals surface area contributed by atoms with E-state index in [1.165, 1.54) is 12.1 Å². The van der Waals surface area contributed by atoms with Gasteiger partial charge in [0.05, 0.1) is 12.3 Å². The second-order valence-electron chi connectivity index (χ2n) is 4.35. The smallest absolute Gasteiger partial charge is 0.387 e. The van der Waals surface area contributed by atoms with Gasteiger partial charge in [-0.15, -0.1) is 0 Å². The van der Waals surface area contributed by atoms with E-state index in [1.807, 2.05) is 12.1 Å². The van der Waals surface area contributed by atoms with E-state index in [4.69, 9.17) is 4.42 Å². The zero-order chi connectivity index (χ0) is 14.4. The van der Waals surface area contributed by atoms with Gasteiger partial charge in [-0.1, -0.05) is 19.1 Å². The molecule has 1 aromatic heterocycles. The van der Waals surface area contributed by atoms with Crippen molar-refractivity contribution < 1.29 is 17.9 Å². The molecular formula is C15H17F2NO2. The first-order valence-electron chi connectivity index (χ1n) is 6.52. The third-order valence-electron chi connectivity index (χ3n) is 2.86. The van der Waals surface area contributed by atoms with Crippen molar-refractivity contribution in [1.82, 2.24) is 5.32 Å². The van der Waals surface area contributed by atoms with Gasteiger partial charge in [0.2, 0.25) is 0 Å². The lowest BCUT2D eigenvalue weighted by Crippen LogP contribution is -2.22. The maximum absolute atomic E-state index is 12.1. The Morgan fingerprint density at radius 1 is 1.20 bits per heavy atom. The van der Waals surface area contributed by atoms with Gasteiger partial charge in [0.15, 0.2) is 0 Å². The Kier molecular flexibility index (Phi) is 5.12. The Hall–Kier alpha value is -1.88. The summed E-state index contributed by atoms with van der Waals surface area (Å²) in [5.74, 6) is 0.943. The van der Waals surface area contributed by atoms with Crippen molar-refractivity contribution in [2.24, 2.45) is 0 Å². The number of benzene rings is 1. The molecule has 0 saturated carbocycles. The van der Waals surface area contributed by atoms with Crippen molar-refractivity contribution in [3.05, 3.63) is 54.0 Å². The van der Waals surface area contributed by atoms with Gasteiger partial charge in [-0.3, -0.25) is 0 Å². The highest BCUT2D eigenvalue weighted by atomic mass is 19.3. The van der Waals surface area contributed by atoms with Gasteiger partial charge in [0.1, 0.15) is 11.5 Å². The number of rotatable bonds is 7. The van der Waals surface area contributed by atoms with Crippen LogP contribution in [0.1, 0.15) is 30.7 Å². The molecule has 1 unspecified atom stereocenters. The molecule has 2 rings (SSSR count). The summed E-state index contributed by atoms with van der Waals surface area (Å²) in [6.07, 6.45) is 2.61. The van der Waals surface area contributed by atoms with E-state index < -0.39 is 6.61 Å². The van der Waals surface area contributed by atoms with Crippen molar-refractivity contribution in [1.29, 1.82) is 0 Å². The monoisotopic (exact) mass is 281 g/mol. The van der Waals surface area contributed by atoms with E-state index in [2.05, 4.69) is 17.0 Å². The Bertz CT molecular complexity index is 497. The molecule has 0 aliphatic carbocycles. The van der Waals surface area contributed by atoms with Gasteiger partial charge in [0.25, 0.3) is 0 Å². The molecule has 0 saturated heterocycles. The second kappa shape index (κ2) is 7.05. The topological polar surface area (TPSA) is 34.4 Å². The van der Waals surface area contributed by atoms with E-state index in [1.54, 1.807) is 18.4 Å². The third-order valence-corrected chi connectivity index (χ3v) is 2.86. The average molecular weight is 281 g/mol. The number of halogens is 2. The van der Waals surface area contributed by atoms with Crippen LogP contribution in [-0.2, 0) is 0 Å². The van der Waals surface area contributed by atoms with Gasteiger partial charge in [-0.2, -0.15) is 8.78 Å². The van der Waals surface area contributed by atoms with Crippen molar-refractivity contribution >= 4 is 0 Å². The van der Waals surface area contributed by atoms with E-state index >= 15 is 0 Å². The Morgan fingerprint density at radius 2 is 1.95 bits per heavy atom. The summed E-state index contributed by atoms with van der Waals surface area (Å²) in [6.45, 7) is 0.104. The Labute approximate surface area is 116 Å². The molecule has 0 fully saturated rings. The summed E-state index contributed by atoms with van der Waals surface area (Å²) in [4.78, 5) is 0.